The molecule has 0 bridgehead atoms. The van der Waals surface area contributed by atoms with Crippen LogP contribution in [0.4, 0.5) is 0 Å². The first-order valence-corrected chi connectivity index (χ1v) is 6.72. The quantitative estimate of drug-likeness (QED) is 0.575. The first-order chi connectivity index (χ1) is 7.46. The zero-order chi connectivity index (χ0) is 12.6. The third kappa shape index (κ3) is 5.72. The van der Waals surface area contributed by atoms with Crippen LogP contribution in [0, 0.1) is 0 Å². The van der Waals surface area contributed by atoms with E-state index >= 15 is 0 Å². The van der Waals surface area contributed by atoms with E-state index in [2.05, 4.69) is 5.32 Å². The molecule has 96 valence electrons. The van der Waals surface area contributed by atoms with Crippen molar-refractivity contribution in [2.45, 2.75) is 44.4 Å². The molecule has 0 spiro atoms. The van der Waals surface area contributed by atoms with E-state index in [0.717, 1.165) is 12.2 Å². The lowest BCUT2D eigenvalue weighted by atomic mass is 9.99. The van der Waals surface area contributed by atoms with Crippen LogP contribution in [-0.4, -0.2) is 45.9 Å². The van der Waals surface area contributed by atoms with Crippen LogP contribution in [-0.2, 0) is 4.79 Å². The predicted molar refractivity (Wildman–Crippen MR) is 68.0 cm³/mol. The first kappa shape index (κ1) is 15.7. The zero-order valence-electron chi connectivity index (χ0n) is 10.3. The number of likely N-dealkylation sites (N-methyl/N-ethyl adjacent to an activating group) is 1. The number of rotatable bonds is 9. The van der Waals surface area contributed by atoms with Crippen LogP contribution in [0.1, 0.15) is 33.6 Å². The molecule has 2 atom stereocenters. The van der Waals surface area contributed by atoms with Gasteiger partial charge in [-0.1, -0.05) is 13.8 Å². The van der Waals surface area contributed by atoms with Gasteiger partial charge >= 0.3 is 5.97 Å². The summed E-state index contributed by atoms with van der Waals surface area (Å²) in [5, 5.41) is 21.3. The zero-order valence-corrected chi connectivity index (χ0v) is 11.1. The molecule has 0 radical (unpaired) electrons. The second-order valence-electron chi connectivity index (χ2n) is 4.11. The van der Waals surface area contributed by atoms with E-state index in [0.29, 0.717) is 18.2 Å². The molecular weight excluding hydrogens is 226 g/mol. The fraction of sp³-hybridized carbons (Fsp3) is 0.909. The summed E-state index contributed by atoms with van der Waals surface area (Å²) in [5.74, 6) is -0.0125. The minimum absolute atomic E-state index is 0.192. The lowest BCUT2D eigenvalue weighted by molar-refractivity contribution is -0.144. The van der Waals surface area contributed by atoms with E-state index in [1.54, 1.807) is 18.7 Å². The Morgan fingerprint density at radius 3 is 2.62 bits per heavy atom. The van der Waals surface area contributed by atoms with Gasteiger partial charge in [0.1, 0.15) is 5.54 Å². The largest absolute Gasteiger partial charge is 0.480 e. The Morgan fingerprint density at radius 1 is 1.56 bits per heavy atom. The molecule has 0 aliphatic carbocycles. The fourth-order valence-electron chi connectivity index (χ4n) is 1.39. The molecule has 0 saturated heterocycles. The second-order valence-corrected chi connectivity index (χ2v) is 5.66. The maximum Gasteiger partial charge on any atom is 0.323 e. The summed E-state index contributed by atoms with van der Waals surface area (Å²) in [6, 6.07) is 0. The van der Waals surface area contributed by atoms with Crippen LogP contribution >= 0.6 is 11.8 Å². The SMILES string of the molecule is CCNC(C)(CCSC(C)CCO)C(=O)O. The van der Waals surface area contributed by atoms with E-state index < -0.39 is 11.5 Å². The van der Waals surface area contributed by atoms with Crippen molar-refractivity contribution in [1.29, 1.82) is 0 Å². The van der Waals surface area contributed by atoms with Crippen LogP contribution in [0.5, 0.6) is 0 Å². The molecule has 0 rings (SSSR count). The Kier molecular flexibility index (Phi) is 7.80. The molecule has 2 unspecified atom stereocenters. The molecule has 0 amide bonds. The topological polar surface area (TPSA) is 69.6 Å². The highest BCUT2D eigenvalue weighted by molar-refractivity contribution is 7.99. The number of aliphatic carboxylic acids is 1. The third-order valence-electron chi connectivity index (χ3n) is 2.58. The van der Waals surface area contributed by atoms with E-state index in [1.165, 1.54) is 0 Å². The van der Waals surface area contributed by atoms with Crippen molar-refractivity contribution in [2.75, 3.05) is 18.9 Å². The third-order valence-corrected chi connectivity index (χ3v) is 3.82. The Hall–Kier alpha value is -0.260. The Morgan fingerprint density at radius 2 is 2.19 bits per heavy atom. The molecule has 0 heterocycles. The second kappa shape index (κ2) is 7.92. The number of carbonyl (C=O) groups is 1. The highest BCUT2D eigenvalue weighted by Gasteiger charge is 2.31. The molecule has 0 aromatic heterocycles. The van der Waals surface area contributed by atoms with Crippen LogP contribution < -0.4 is 5.32 Å². The summed E-state index contributed by atoms with van der Waals surface area (Å²) in [4.78, 5) is 11.1. The maximum atomic E-state index is 11.1. The predicted octanol–water partition coefficient (Wildman–Crippen LogP) is 1.33. The Balaban J connectivity index is 3.99. The van der Waals surface area contributed by atoms with Gasteiger partial charge in [-0.2, -0.15) is 11.8 Å². The average molecular weight is 249 g/mol. The minimum Gasteiger partial charge on any atom is -0.480 e. The summed E-state index contributed by atoms with van der Waals surface area (Å²) in [6.45, 7) is 6.52. The number of carboxylic acid groups (broad SMARTS) is 1. The lowest BCUT2D eigenvalue weighted by Gasteiger charge is -2.26. The molecule has 0 aromatic rings. The normalized spacial score (nSPS) is 16.8. The number of hydrogen-bond donors (Lipinski definition) is 3. The van der Waals surface area contributed by atoms with Crippen molar-refractivity contribution in [3.8, 4) is 0 Å². The first-order valence-electron chi connectivity index (χ1n) is 5.67. The van der Waals surface area contributed by atoms with Crippen molar-refractivity contribution >= 4 is 17.7 Å². The monoisotopic (exact) mass is 249 g/mol. The van der Waals surface area contributed by atoms with Crippen molar-refractivity contribution in [1.82, 2.24) is 5.32 Å². The van der Waals surface area contributed by atoms with Gasteiger partial charge in [0.25, 0.3) is 0 Å². The molecule has 16 heavy (non-hydrogen) atoms. The van der Waals surface area contributed by atoms with E-state index in [4.69, 9.17) is 10.2 Å². The number of nitrogens with one attached hydrogen (secondary N) is 1. The van der Waals surface area contributed by atoms with E-state index in [9.17, 15) is 4.79 Å². The van der Waals surface area contributed by atoms with Gasteiger partial charge in [0.15, 0.2) is 0 Å². The van der Waals surface area contributed by atoms with Gasteiger partial charge < -0.3 is 15.5 Å². The molecular formula is C11H23NO3S. The molecule has 4 nitrogen and oxygen atoms in total. The Labute approximate surface area is 102 Å². The summed E-state index contributed by atoms with van der Waals surface area (Å²) in [7, 11) is 0. The fourth-order valence-corrected chi connectivity index (χ4v) is 2.59. The van der Waals surface area contributed by atoms with Gasteiger partial charge in [-0.05, 0) is 32.1 Å². The van der Waals surface area contributed by atoms with Crippen LogP contribution in [0.25, 0.3) is 0 Å². The van der Waals surface area contributed by atoms with Gasteiger partial charge in [0, 0.05) is 11.9 Å². The van der Waals surface area contributed by atoms with Crippen LogP contribution in [0.2, 0.25) is 0 Å². The number of thioether (sulfide) groups is 1. The molecule has 3 N–H and O–H groups in total. The standard InChI is InChI=1S/C11H23NO3S/c1-4-12-11(3,10(14)15)6-8-16-9(2)5-7-13/h9,12-13H,4-8H2,1-3H3,(H,14,15). The van der Waals surface area contributed by atoms with Gasteiger partial charge in [0.05, 0.1) is 0 Å². The van der Waals surface area contributed by atoms with Crippen molar-refractivity contribution in [3.63, 3.8) is 0 Å². The van der Waals surface area contributed by atoms with Crippen molar-refractivity contribution in [3.05, 3.63) is 0 Å². The van der Waals surface area contributed by atoms with E-state index in [1.807, 2.05) is 13.8 Å². The van der Waals surface area contributed by atoms with Crippen LogP contribution in [0.15, 0.2) is 0 Å². The van der Waals surface area contributed by atoms with Gasteiger partial charge in [-0.3, -0.25) is 4.79 Å². The number of carboxylic acids is 1. The van der Waals surface area contributed by atoms with Gasteiger partial charge in [-0.25, -0.2) is 0 Å². The highest BCUT2D eigenvalue weighted by atomic mass is 32.2. The number of aliphatic hydroxyl groups is 1. The van der Waals surface area contributed by atoms with Crippen molar-refractivity contribution < 1.29 is 15.0 Å². The molecule has 0 aliphatic heterocycles. The number of aliphatic hydroxyl groups excluding tert-OH is 1. The smallest absolute Gasteiger partial charge is 0.323 e. The molecule has 0 aromatic carbocycles. The number of hydrogen-bond acceptors (Lipinski definition) is 4. The minimum atomic E-state index is -0.833. The summed E-state index contributed by atoms with van der Waals surface area (Å²) in [5.41, 5.74) is -0.833. The van der Waals surface area contributed by atoms with Gasteiger partial charge in [0.2, 0.25) is 0 Å². The Bertz CT molecular complexity index is 213. The van der Waals surface area contributed by atoms with Crippen molar-refractivity contribution in [2.24, 2.45) is 0 Å². The van der Waals surface area contributed by atoms with E-state index in [-0.39, 0.29) is 6.61 Å². The average Bonchev–Trinajstić information content (AvgIpc) is 2.18. The summed E-state index contributed by atoms with van der Waals surface area (Å²) < 4.78 is 0. The molecule has 0 aliphatic rings. The highest BCUT2D eigenvalue weighted by Crippen LogP contribution is 2.19. The van der Waals surface area contributed by atoms with Crippen LogP contribution in [0.3, 0.4) is 0 Å². The lowest BCUT2D eigenvalue weighted by Crippen LogP contribution is -2.49. The molecule has 5 heteroatoms. The molecule has 0 saturated carbocycles. The molecule has 0 fully saturated rings. The van der Waals surface area contributed by atoms with Gasteiger partial charge in [-0.15, -0.1) is 0 Å². The summed E-state index contributed by atoms with van der Waals surface area (Å²) in [6.07, 6.45) is 1.35. The summed E-state index contributed by atoms with van der Waals surface area (Å²) >= 11 is 1.71. The maximum absolute atomic E-state index is 11.1.